The Labute approximate surface area is 145 Å². The zero-order valence-corrected chi connectivity index (χ0v) is 14.5. The molecule has 3 rings (SSSR count). The summed E-state index contributed by atoms with van der Waals surface area (Å²) >= 11 is 6.01. The van der Waals surface area contributed by atoms with Gasteiger partial charge in [-0.3, -0.25) is 4.79 Å². The number of rotatable bonds is 6. The fourth-order valence-corrected chi connectivity index (χ4v) is 4.05. The molecule has 0 spiro atoms. The first kappa shape index (κ1) is 17.0. The average Bonchev–Trinajstić information content (AvgIpc) is 3.15. The van der Waals surface area contributed by atoms with Crippen LogP contribution in [0.25, 0.3) is 0 Å². The summed E-state index contributed by atoms with van der Waals surface area (Å²) in [4.78, 5) is 12.3. The Kier molecular flexibility index (Phi) is 4.67. The van der Waals surface area contributed by atoms with Crippen LogP contribution in [0.3, 0.4) is 0 Å². The highest BCUT2D eigenvalue weighted by molar-refractivity contribution is 7.89. The quantitative estimate of drug-likeness (QED) is 0.820. The SMILES string of the molecule is CC(NC(=O)c1ccc(Cl)c(S(=O)(=O)NC2CC2)c1)c1ccco1. The smallest absolute Gasteiger partial charge is 0.251 e. The molecule has 128 valence electrons. The zero-order chi connectivity index (χ0) is 17.3. The topological polar surface area (TPSA) is 88.4 Å². The Hall–Kier alpha value is -1.83. The lowest BCUT2D eigenvalue weighted by Crippen LogP contribution is -2.28. The summed E-state index contributed by atoms with van der Waals surface area (Å²) in [7, 11) is -3.74. The molecule has 2 N–H and O–H groups in total. The Morgan fingerprint density at radius 1 is 1.33 bits per heavy atom. The Bertz CT molecular complexity index is 845. The number of benzene rings is 1. The summed E-state index contributed by atoms with van der Waals surface area (Å²) in [6.45, 7) is 1.78. The highest BCUT2D eigenvalue weighted by atomic mass is 35.5. The van der Waals surface area contributed by atoms with Crippen LogP contribution in [0, 0.1) is 0 Å². The standard InChI is InChI=1S/C16H17ClN2O4S/c1-10(14-3-2-8-23-14)18-16(20)11-4-7-13(17)15(9-11)24(21,22)19-12-5-6-12/h2-4,7-10,12,19H,5-6H2,1H3,(H,18,20). The largest absolute Gasteiger partial charge is 0.467 e. The van der Waals surface area contributed by atoms with Crippen LogP contribution in [0.1, 0.15) is 41.9 Å². The van der Waals surface area contributed by atoms with Gasteiger partial charge in [0, 0.05) is 11.6 Å². The van der Waals surface area contributed by atoms with Crippen molar-refractivity contribution in [3.05, 3.63) is 52.9 Å². The summed E-state index contributed by atoms with van der Waals surface area (Å²) in [5.74, 6) is 0.207. The van der Waals surface area contributed by atoms with E-state index in [4.69, 9.17) is 16.0 Å². The summed E-state index contributed by atoms with van der Waals surface area (Å²) in [6.07, 6.45) is 3.16. The molecule has 1 saturated carbocycles. The number of nitrogens with one attached hydrogen (secondary N) is 2. The maximum atomic E-state index is 12.4. The summed E-state index contributed by atoms with van der Waals surface area (Å²) in [5.41, 5.74) is 0.217. The Balaban J connectivity index is 1.81. The molecule has 0 saturated heterocycles. The van der Waals surface area contributed by atoms with E-state index in [1.807, 2.05) is 0 Å². The van der Waals surface area contributed by atoms with Gasteiger partial charge in [-0.1, -0.05) is 11.6 Å². The van der Waals surface area contributed by atoms with Gasteiger partial charge in [-0.25, -0.2) is 13.1 Å². The molecule has 1 fully saturated rings. The van der Waals surface area contributed by atoms with E-state index in [1.54, 1.807) is 19.1 Å². The van der Waals surface area contributed by atoms with Crippen LogP contribution in [0.2, 0.25) is 5.02 Å². The first-order chi connectivity index (χ1) is 11.4. The molecule has 2 aromatic rings. The van der Waals surface area contributed by atoms with Gasteiger partial charge in [-0.15, -0.1) is 0 Å². The van der Waals surface area contributed by atoms with Crippen molar-refractivity contribution in [2.75, 3.05) is 0 Å². The van der Waals surface area contributed by atoms with Crippen molar-refractivity contribution in [1.29, 1.82) is 0 Å². The molecule has 0 aliphatic heterocycles. The van der Waals surface area contributed by atoms with Crippen LogP contribution in [0.5, 0.6) is 0 Å². The minimum atomic E-state index is -3.74. The molecule has 1 aliphatic rings. The van der Waals surface area contributed by atoms with Gasteiger partial charge in [0.15, 0.2) is 0 Å². The third-order valence-electron chi connectivity index (χ3n) is 3.70. The van der Waals surface area contributed by atoms with Gasteiger partial charge in [0.05, 0.1) is 17.3 Å². The number of hydrogen-bond donors (Lipinski definition) is 2. The monoisotopic (exact) mass is 368 g/mol. The average molecular weight is 369 g/mol. The highest BCUT2D eigenvalue weighted by Gasteiger charge is 2.29. The molecule has 1 atom stereocenters. The normalized spacial score (nSPS) is 15.9. The van der Waals surface area contributed by atoms with Crippen molar-refractivity contribution in [3.8, 4) is 0 Å². The van der Waals surface area contributed by atoms with Crippen molar-refractivity contribution in [3.63, 3.8) is 0 Å². The predicted molar refractivity (Wildman–Crippen MR) is 89.4 cm³/mol. The van der Waals surface area contributed by atoms with Crippen LogP contribution in [-0.4, -0.2) is 20.4 Å². The zero-order valence-electron chi connectivity index (χ0n) is 13.0. The first-order valence-electron chi connectivity index (χ1n) is 7.53. The van der Waals surface area contributed by atoms with Crippen LogP contribution < -0.4 is 10.0 Å². The van der Waals surface area contributed by atoms with Crippen LogP contribution in [-0.2, 0) is 10.0 Å². The fourth-order valence-electron chi connectivity index (χ4n) is 2.22. The minimum Gasteiger partial charge on any atom is -0.467 e. The molecule has 1 heterocycles. The van der Waals surface area contributed by atoms with Gasteiger partial charge in [0.1, 0.15) is 10.7 Å². The molecule has 1 aromatic carbocycles. The Morgan fingerprint density at radius 2 is 2.08 bits per heavy atom. The molecule has 1 amide bonds. The number of hydrogen-bond acceptors (Lipinski definition) is 4. The lowest BCUT2D eigenvalue weighted by molar-refractivity contribution is 0.0935. The minimum absolute atomic E-state index is 0.0393. The van der Waals surface area contributed by atoms with Crippen LogP contribution in [0.4, 0.5) is 0 Å². The van der Waals surface area contributed by atoms with Crippen LogP contribution in [0.15, 0.2) is 45.9 Å². The maximum absolute atomic E-state index is 12.4. The van der Waals surface area contributed by atoms with Gasteiger partial charge in [0.2, 0.25) is 10.0 Å². The van der Waals surface area contributed by atoms with E-state index in [2.05, 4.69) is 10.0 Å². The van der Waals surface area contributed by atoms with E-state index in [0.717, 1.165) is 12.8 Å². The molecule has 24 heavy (non-hydrogen) atoms. The maximum Gasteiger partial charge on any atom is 0.251 e. The van der Waals surface area contributed by atoms with Gasteiger partial charge in [-0.05, 0) is 50.1 Å². The second kappa shape index (κ2) is 6.58. The van der Waals surface area contributed by atoms with E-state index in [0.29, 0.717) is 5.76 Å². The molecule has 1 aliphatic carbocycles. The van der Waals surface area contributed by atoms with Gasteiger partial charge >= 0.3 is 0 Å². The number of carbonyl (C=O) groups excluding carboxylic acids is 1. The van der Waals surface area contributed by atoms with E-state index < -0.39 is 15.9 Å². The molecule has 1 unspecified atom stereocenters. The van der Waals surface area contributed by atoms with Crippen molar-refractivity contribution in [2.45, 2.75) is 36.7 Å². The summed E-state index contributed by atoms with van der Waals surface area (Å²) in [6, 6.07) is 7.29. The van der Waals surface area contributed by atoms with Crippen molar-refractivity contribution < 1.29 is 17.6 Å². The number of halogens is 1. The molecular formula is C16H17ClN2O4S. The number of carbonyl (C=O) groups is 1. The molecule has 1 aromatic heterocycles. The summed E-state index contributed by atoms with van der Waals surface area (Å²) in [5, 5.41) is 2.84. The number of sulfonamides is 1. The lowest BCUT2D eigenvalue weighted by Gasteiger charge is -2.13. The van der Waals surface area contributed by atoms with E-state index >= 15 is 0 Å². The van der Waals surface area contributed by atoms with Gasteiger partial charge in [-0.2, -0.15) is 0 Å². The Morgan fingerprint density at radius 3 is 2.71 bits per heavy atom. The van der Waals surface area contributed by atoms with Crippen molar-refractivity contribution >= 4 is 27.5 Å². The van der Waals surface area contributed by atoms with Gasteiger partial charge < -0.3 is 9.73 Å². The third kappa shape index (κ3) is 3.80. The second-order valence-corrected chi connectivity index (χ2v) is 7.84. The van der Waals surface area contributed by atoms with Gasteiger partial charge in [0.25, 0.3) is 5.91 Å². The number of amides is 1. The third-order valence-corrected chi connectivity index (χ3v) is 5.70. The van der Waals surface area contributed by atoms with E-state index in [9.17, 15) is 13.2 Å². The van der Waals surface area contributed by atoms with Crippen molar-refractivity contribution in [2.24, 2.45) is 0 Å². The number of furan rings is 1. The molecular weight excluding hydrogens is 352 g/mol. The molecule has 6 nitrogen and oxygen atoms in total. The predicted octanol–water partition coefficient (Wildman–Crippen LogP) is 2.86. The molecule has 0 bridgehead atoms. The summed E-state index contributed by atoms with van der Waals surface area (Å²) < 4.78 is 32.5. The van der Waals surface area contributed by atoms with Crippen LogP contribution >= 0.6 is 11.6 Å². The van der Waals surface area contributed by atoms with E-state index in [-0.39, 0.29) is 27.6 Å². The second-order valence-electron chi connectivity index (χ2n) is 5.75. The van der Waals surface area contributed by atoms with Crippen molar-refractivity contribution in [1.82, 2.24) is 10.0 Å². The molecule has 0 radical (unpaired) electrons. The highest BCUT2D eigenvalue weighted by Crippen LogP contribution is 2.27. The lowest BCUT2D eigenvalue weighted by atomic mass is 10.2. The first-order valence-corrected chi connectivity index (χ1v) is 9.39. The fraction of sp³-hybridized carbons (Fsp3) is 0.312. The van der Waals surface area contributed by atoms with E-state index in [1.165, 1.54) is 24.5 Å². The molecule has 8 heteroatoms.